The van der Waals surface area contributed by atoms with Crippen molar-refractivity contribution in [3.63, 3.8) is 0 Å². The maximum Gasteiger partial charge on any atom is 0.170 e. The molecule has 106 valence electrons. The molecule has 0 saturated carbocycles. The summed E-state index contributed by atoms with van der Waals surface area (Å²) in [6, 6.07) is 3.39. The van der Waals surface area contributed by atoms with Gasteiger partial charge in [0, 0.05) is 11.5 Å². The molecule has 0 amide bonds. The van der Waals surface area contributed by atoms with E-state index in [4.69, 9.17) is 10.5 Å². The summed E-state index contributed by atoms with van der Waals surface area (Å²) < 4.78 is 8.23. The van der Waals surface area contributed by atoms with E-state index in [1.165, 1.54) is 6.92 Å². The lowest BCUT2D eigenvalue weighted by molar-refractivity contribution is 0.101. The van der Waals surface area contributed by atoms with Crippen LogP contribution in [0.4, 0.5) is 5.69 Å². The molecule has 2 aromatic rings. The molecule has 6 nitrogen and oxygen atoms in total. The van der Waals surface area contributed by atoms with Gasteiger partial charge in [0.15, 0.2) is 17.4 Å². The number of benzene rings is 1. The molecule has 1 aromatic heterocycles. The second-order valence-corrected chi connectivity index (χ2v) is 5.35. The summed E-state index contributed by atoms with van der Waals surface area (Å²) in [6.07, 6.45) is 0. The molecule has 20 heavy (non-hydrogen) atoms. The van der Waals surface area contributed by atoms with Gasteiger partial charge in [0.2, 0.25) is 0 Å². The summed E-state index contributed by atoms with van der Waals surface area (Å²) in [7, 11) is 1.85. The van der Waals surface area contributed by atoms with Gasteiger partial charge in [-0.05, 0) is 26.0 Å². The number of halogens is 1. The van der Waals surface area contributed by atoms with Gasteiger partial charge in [0.25, 0.3) is 0 Å². The van der Waals surface area contributed by atoms with E-state index in [-0.39, 0.29) is 12.4 Å². The standard InChI is InChI=1S/C13H15BrN4O2/c1-7(19)10-4-9(14)5-11(15)13(10)20-6-12-17-16-8(2)18(12)3/h4-5H,6,15H2,1-3H3. The molecule has 0 fully saturated rings. The number of rotatable bonds is 4. The Morgan fingerprint density at radius 3 is 2.70 bits per heavy atom. The number of nitrogens with two attached hydrogens (primary N) is 1. The summed E-state index contributed by atoms with van der Waals surface area (Å²) in [6.45, 7) is 3.52. The van der Waals surface area contributed by atoms with Crippen LogP contribution in [0.15, 0.2) is 16.6 Å². The number of hydrogen-bond acceptors (Lipinski definition) is 5. The minimum Gasteiger partial charge on any atom is -0.483 e. The Balaban J connectivity index is 2.29. The third-order valence-corrected chi connectivity index (χ3v) is 3.45. The summed E-state index contributed by atoms with van der Waals surface area (Å²) in [5.74, 6) is 1.72. The van der Waals surface area contributed by atoms with E-state index >= 15 is 0 Å². The maximum absolute atomic E-state index is 11.7. The number of ether oxygens (including phenoxy) is 1. The lowest BCUT2D eigenvalue weighted by Crippen LogP contribution is -2.08. The fourth-order valence-electron chi connectivity index (χ4n) is 1.75. The fourth-order valence-corrected chi connectivity index (χ4v) is 2.23. The molecule has 0 radical (unpaired) electrons. The van der Waals surface area contributed by atoms with Crippen LogP contribution in [-0.4, -0.2) is 20.5 Å². The Morgan fingerprint density at radius 1 is 1.45 bits per heavy atom. The zero-order chi connectivity index (χ0) is 14.9. The molecular formula is C13H15BrN4O2. The predicted molar refractivity (Wildman–Crippen MR) is 78.6 cm³/mol. The molecule has 0 aliphatic carbocycles. The fraction of sp³-hybridized carbons (Fsp3) is 0.308. The van der Waals surface area contributed by atoms with Crippen LogP contribution in [0.1, 0.15) is 28.9 Å². The molecule has 2 rings (SSSR count). The molecule has 0 atom stereocenters. The molecule has 0 spiro atoms. The summed E-state index contributed by atoms with van der Waals surface area (Å²) >= 11 is 3.31. The number of carbonyl (C=O) groups is 1. The molecule has 1 heterocycles. The number of aryl methyl sites for hydroxylation is 1. The van der Waals surface area contributed by atoms with Crippen LogP contribution in [0.5, 0.6) is 5.75 Å². The number of ketones is 1. The van der Waals surface area contributed by atoms with Gasteiger partial charge in [0.05, 0.1) is 11.3 Å². The average molecular weight is 339 g/mol. The van der Waals surface area contributed by atoms with E-state index in [9.17, 15) is 4.79 Å². The Labute approximate surface area is 125 Å². The minimum absolute atomic E-state index is 0.109. The van der Waals surface area contributed by atoms with Crippen molar-refractivity contribution in [2.24, 2.45) is 7.05 Å². The van der Waals surface area contributed by atoms with E-state index in [1.54, 1.807) is 12.1 Å². The second-order valence-electron chi connectivity index (χ2n) is 4.44. The Hall–Kier alpha value is -1.89. The minimum atomic E-state index is -0.109. The van der Waals surface area contributed by atoms with Crippen molar-refractivity contribution in [3.05, 3.63) is 33.8 Å². The zero-order valence-electron chi connectivity index (χ0n) is 11.5. The molecule has 2 N–H and O–H groups in total. The number of nitrogens with zero attached hydrogens (tertiary/aromatic N) is 3. The van der Waals surface area contributed by atoms with Crippen LogP contribution in [0.3, 0.4) is 0 Å². The van der Waals surface area contributed by atoms with Crippen molar-refractivity contribution in [2.45, 2.75) is 20.5 Å². The molecule has 0 aliphatic rings. The molecule has 0 saturated heterocycles. The third kappa shape index (κ3) is 2.82. The smallest absolute Gasteiger partial charge is 0.170 e. The zero-order valence-corrected chi connectivity index (χ0v) is 13.1. The van der Waals surface area contributed by atoms with E-state index in [0.29, 0.717) is 22.8 Å². The van der Waals surface area contributed by atoms with Gasteiger partial charge in [-0.15, -0.1) is 10.2 Å². The maximum atomic E-state index is 11.7. The van der Waals surface area contributed by atoms with Crippen molar-refractivity contribution in [2.75, 3.05) is 5.73 Å². The number of hydrogen-bond donors (Lipinski definition) is 1. The number of carbonyl (C=O) groups excluding carboxylic acids is 1. The largest absolute Gasteiger partial charge is 0.483 e. The topological polar surface area (TPSA) is 83.0 Å². The highest BCUT2D eigenvalue weighted by molar-refractivity contribution is 9.10. The summed E-state index contributed by atoms with van der Waals surface area (Å²) in [4.78, 5) is 11.7. The van der Waals surface area contributed by atoms with Gasteiger partial charge in [0.1, 0.15) is 12.4 Å². The highest BCUT2D eigenvalue weighted by atomic mass is 79.9. The highest BCUT2D eigenvalue weighted by Gasteiger charge is 2.15. The first kappa shape index (κ1) is 14.5. The van der Waals surface area contributed by atoms with Crippen molar-refractivity contribution in [1.29, 1.82) is 0 Å². The van der Waals surface area contributed by atoms with Gasteiger partial charge in [-0.1, -0.05) is 15.9 Å². The second kappa shape index (κ2) is 5.62. The Kier molecular flexibility index (Phi) is 4.08. The van der Waals surface area contributed by atoms with Crippen molar-refractivity contribution >= 4 is 27.4 Å². The Bertz CT molecular complexity index is 667. The number of nitrogen functional groups attached to an aromatic ring is 1. The van der Waals surface area contributed by atoms with E-state index in [0.717, 1.165) is 10.3 Å². The number of Topliss-reactive ketones (excluding diaryl/α,β-unsaturated/α-hetero) is 1. The normalized spacial score (nSPS) is 10.6. The van der Waals surface area contributed by atoms with Crippen LogP contribution in [0, 0.1) is 6.92 Å². The quantitative estimate of drug-likeness (QED) is 0.682. The van der Waals surface area contributed by atoms with Crippen molar-refractivity contribution in [3.8, 4) is 5.75 Å². The van der Waals surface area contributed by atoms with E-state index in [1.807, 2.05) is 18.5 Å². The van der Waals surface area contributed by atoms with Crippen LogP contribution < -0.4 is 10.5 Å². The van der Waals surface area contributed by atoms with Crippen LogP contribution in [-0.2, 0) is 13.7 Å². The lowest BCUT2D eigenvalue weighted by atomic mass is 10.1. The first-order chi connectivity index (χ1) is 9.40. The molecule has 0 unspecified atom stereocenters. The lowest BCUT2D eigenvalue weighted by Gasteiger charge is -2.12. The van der Waals surface area contributed by atoms with E-state index in [2.05, 4.69) is 26.1 Å². The first-order valence-electron chi connectivity index (χ1n) is 5.97. The molecule has 7 heteroatoms. The number of aromatic nitrogens is 3. The van der Waals surface area contributed by atoms with Crippen LogP contribution >= 0.6 is 15.9 Å². The van der Waals surface area contributed by atoms with Gasteiger partial charge >= 0.3 is 0 Å². The molecule has 0 aliphatic heterocycles. The predicted octanol–water partition coefficient (Wildman–Crippen LogP) is 2.25. The van der Waals surface area contributed by atoms with Crippen molar-refractivity contribution in [1.82, 2.24) is 14.8 Å². The number of anilines is 1. The SMILES string of the molecule is CC(=O)c1cc(Br)cc(N)c1OCc1nnc(C)n1C. The summed E-state index contributed by atoms with van der Waals surface area (Å²) in [5.41, 5.74) is 6.76. The van der Waals surface area contributed by atoms with Crippen LogP contribution in [0.2, 0.25) is 0 Å². The monoisotopic (exact) mass is 338 g/mol. The average Bonchev–Trinajstić information content (AvgIpc) is 2.68. The van der Waals surface area contributed by atoms with Gasteiger partial charge < -0.3 is 15.0 Å². The van der Waals surface area contributed by atoms with Crippen LogP contribution in [0.25, 0.3) is 0 Å². The Morgan fingerprint density at radius 2 is 2.15 bits per heavy atom. The third-order valence-electron chi connectivity index (χ3n) is 2.99. The summed E-state index contributed by atoms with van der Waals surface area (Å²) in [5, 5.41) is 7.95. The van der Waals surface area contributed by atoms with Gasteiger partial charge in [-0.3, -0.25) is 4.79 Å². The first-order valence-corrected chi connectivity index (χ1v) is 6.77. The molecule has 0 bridgehead atoms. The highest BCUT2D eigenvalue weighted by Crippen LogP contribution is 2.31. The van der Waals surface area contributed by atoms with Crippen molar-refractivity contribution < 1.29 is 9.53 Å². The molecular weight excluding hydrogens is 324 g/mol. The molecule has 1 aromatic carbocycles. The van der Waals surface area contributed by atoms with Gasteiger partial charge in [-0.25, -0.2) is 0 Å². The van der Waals surface area contributed by atoms with Gasteiger partial charge in [-0.2, -0.15) is 0 Å². The van der Waals surface area contributed by atoms with E-state index < -0.39 is 0 Å².